The normalized spacial score (nSPS) is 11.5. The van der Waals surface area contributed by atoms with Crippen molar-refractivity contribution in [3.63, 3.8) is 0 Å². The summed E-state index contributed by atoms with van der Waals surface area (Å²) in [6.07, 6.45) is 0. The molecule has 0 aliphatic rings. The van der Waals surface area contributed by atoms with Gasteiger partial charge in [-0.1, -0.05) is 35.9 Å². The number of hydrogen-bond donors (Lipinski definition) is 2. The summed E-state index contributed by atoms with van der Waals surface area (Å²) in [4.78, 5) is 12.1. The van der Waals surface area contributed by atoms with Gasteiger partial charge >= 0.3 is 0 Å². The van der Waals surface area contributed by atoms with Gasteiger partial charge in [-0.15, -0.1) is 12.4 Å². The van der Waals surface area contributed by atoms with Gasteiger partial charge in [-0.2, -0.15) is 0 Å². The lowest BCUT2D eigenvalue weighted by Crippen LogP contribution is -2.33. The first-order valence-electron chi connectivity index (χ1n) is 7.37. The molecule has 0 saturated heterocycles. The number of amides is 1. The zero-order valence-electron chi connectivity index (χ0n) is 13.7. The fourth-order valence-corrected chi connectivity index (χ4v) is 2.23. The van der Waals surface area contributed by atoms with Crippen molar-refractivity contribution in [2.45, 2.75) is 26.1 Å². The summed E-state index contributed by atoms with van der Waals surface area (Å²) in [5, 5.41) is 2.77. The van der Waals surface area contributed by atoms with Crippen LogP contribution in [0, 0.1) is 12.7 Å². The molecule has 0 heterocycles. The Kier molecular flexibility index (Phi) is 7.85. The van der Waals surface area contributed by atoms with Crippen LogP contribution in [-0.4, -0.2) is 13.0 Å². The second kappa shape index (κ2) is 9.37. The summed E-state index contributed by atoms with van der Waals surface area (Å²) in [5.74, 6) is -0.593. The van der Waals surface area contributed by atoms with Crippen LogP contribution in [0.2, 0.25) is 0 Å². The molecule has 1 unspecified atom stereocenters. The summed E-state index contributed by atoms with van der Waals surface area (Å²) in [6.45, 7) is 2.45. The lowest BCUT2D eigenvalue weighted by molar-refractivity contribution is -0.122. The quantitative estimate of drug-likeness (QED) is 0.840. The standard InChI is InChI=1S/C18H21FN2O2.ClH/c1-12-3-6-14(7-4-12)17(20)18(22)21-10-13-5-8-16(19)15(9-13)11-23-2;/h3-9,17H,10-11,20H2,1-2H3,(H,21,22);1H. The molecule has 0 aliphatic carbocycles. The molecule has 6 heteroatoms. The predicted molar refractivity (Wildman–Crippen MR) is 94.3 cm³/mol. The monoisotopic (exact) mass is 352 g/mol. The van der Waals surface area contributed by atoms with Gasteiger partial charge in [0.25, 0.3) is 0 Å². The van der Waals surface area contributed by atoms with Crippen LogP contribution in [0.3, 0.4) is 0 Å². The molecule has 2 rings (SSSR count). The minimum atomic E-state index is -0.727. The maximum atomic E-state index is 13.6. The van der Waals surface area contributed by atoms with Crippen molar-refractivity contribution < 1.29 is 13.9 Å². The highest BCUT2D eigenvalue weighted by Crippen LogP contribution is 2.14. The Bertz CT molecular complexity index is 677. The van der Waals surface area contributed by atoms with Crippen LogP contribution in [0.1, 0.15) is 28.3 Å². The maximum Gasteiger partial charge on any atom is 0.241 e. The van der Waals surface area contributed by atoms with Crippen molar-refractivity contribution in [2.75, 3.05) is 7.11 Å². The van der Waals surface area contributed by atoms with E-state index in [4.69, 9.17) is 10.5 Å². The Balaban J connectivity index is 0.00000288. The van der Waals surface area contributed by atoms with E-state index in [0.29, 0.717) is 5.56 Å². The molecule has 0 fully saturated rings. The highest BCUT2D eigenvalue weighted by Gasteiger charge is 2.15. The predicted octanol–water partition coefficient (Wildman–Crippen LogP) is 3.02. The SMILES string of the molecule is COCc1cc(CNC(=O)C(N)c2ccc(C)cc2)ccc1F.Cl. The van der Waals surface area contributed by atoms with E-state index in [-0.39, 0.29) is 37.3 Å². The Morgan fingerprint density at radius 2 is 1.92 bits per heavy atom. The number of nitrogens with one attached hydrogen (secondary N) is 1. The van der Waals surface area contributed by atoms with E-state index in [1.54, 1.807) is 12.1 Å². The minimum absolute atomic E-state index is 0. The molecule has 2 aromatic carbocycles. The first kappa shape index (κ1) is 20.1. The van der Waals surface area contributed by atoms with Crippen LogP contribution in [0.4, 0.5) is 4.39 Å². The van der Waals surface area contributed by atoms with Crippen molar-refractivity contribution >= 4 is 18.3 Å². The van der Waals surface area contributed by atoms with E-state index in [0.717, 1.165) is 16.7 Å². The van der Waals surface area contributed by atoms with E-state index < -0.39 is 6.04 Å². The first-order chi connectivity index (χ1) is 11.0. The third-order valence-electron chi connectivity index (χ3n) is 3.60. The minimum Gasteiger partial charge on any atom is -0.380 e. The molecule has 0 saturated carbocycles. The highest BCUT2D eigenvalue weighted by molar-refractivity contribution is 5.85. The van der Waals surface area contributed by atoms with Crippen LogP contribution in [0.5, 0.6) is 0 Å². The summed E-state index contributed by atoms with van der Waals surface area (Å²) in [6, 6.07) is 11.5. The van der Waals surface area contributed by atoms with Gasteiger partial charge < -0.3 is 15.8 Å². The summed E-state index contributed by atoms with van der Waals surface area (Å²) < 4.78 is 18.5. The molecule has 0 radical (unpaired) electrons. The summed E-state index contributed by atoms with van der Waals surface area (Å²) in [7, 11) is 1.51. The van der Waals surface area contributed by atoms with Gasteiger partial charge in [-0.3, -0.25) is 4.79 Å². The lowest BCUT2D eigenvalue weighted by Gasteiger charge is -2.13. The van der Waals surface area contributed by atoms with Crippen LogP contribution in [0.15, 0.2) is 42.5 Å². The van der Waals surface area contributed by atoms with E-state index in [2.05, 4.69) is 5.32 Å². The van der Waals surface area contributed by atoms with E-state index in [9.17, 15) is 9.18 Å². The molecule has 2 aromatic rings. The third kappa shape index (κ3) is 5.30. The number of halogens is 2. The molecule has 1 amide bonds. The number of benzene rings is 2. The molecule has 0 bridgehead atoms. The zero-order chi connectivity index (χ0) is 16.8. The van der Waals surface area contributed by atoms with Gasteiger partial charge in [0, 0.05) is 19.2 Å². The van der Waals surface area contributed by atoms with Gasteiger partial charge in [-0.05, 0) is 30.2 Å². The number of ether oxygens (including phenoxy) is 1. The highest BCUT2D eigenvalue weighted by atomic mass is 35.5. The third-order valence-corrected chi connectivity index (χ3v) is 3.60. The number of aryl methyl sites for hydroxylation is 1. The molecule has 0 aromatic heterocycles. The smallest absolute Gasteiger partial charge is 0.241 e. The molecule has 3 N–H and O–H groups in total. The second-order valence-corrected chi connectivity index (χ2v) is 5.46. The molecule has 0 aliphatic heterocycles. The first-order valence-corrected chi connectivity index (χ1v) is 7.37. The average molecular weight is 353 g/mol. The number of hydrogen-bond acceptors (Lipinski definition) is 3. The maximum absolute atomic E-state index is 13.6. The number of methoxy groups -OCH3 is 1. The zero-order valence-corrected chi connectivity index (χ0v) is 14.5. The van der Waals surface area contributed by atoms with Crippen molar-refractivity contribution in [1.82, 2.24) is 5.32 Å². The average Bonchev–Trinajstić information content (AvgIpc) is 2.55. The van der Waals surface area contributed by atoms with Gasteiger partial charge in [0.05, 0.1) is 6.61 Å². The van der Waals surface area contributed by atoms with Gasteiger partial charge in [-0.25, -0.2) is 4.39 Å². The van der Waals surface area contributed by atoms with Crippen molar-refractivity contribution in [3.8, 4) is 0 Å². The molecule has 4 nitrogen and oxygen atoms in total. The van der Waals surface area contributed by atoms with Crippen LogP contribution in [0.25, 0.3) is 0 Å². The summed E-state index contributed by atoms with van der Waals surface area (Å²) >= 11 is 0. The van der Waals surface area contributed by atoms with Crippen molar-refractivity contribution in [3.05, 3.63) is 70.5 Å². The molecular weight excluding hydrogens is 331 g/mol. The number of carbonyl (C=O) groups excluding carboxylic acids is 1. The number of carbonyl (C=O) groups is 1. The Morgan fingerprint density at radius 1 is 1.25 bits per heavy atom. The van der Waals surface area contributed by atoms with Crippen LogP contribution >= 0.6 is 12.4 Å². The Labute approximate surface area is 147 Å². The number of nitrogens with two attached hydrogens (primary N) is 1. The largest absolute Gasteiger partial charge is 0.380 e. The van der Waals surface area contributed by atoms with Crippen LogP contribution in [-0.2, 0) is 22.7 Å². The number of rotatable bonds is 6. The van der Waals surface area contributed by atoms with E-state index in [1.165, 1.54) is 13.2 Å². The molecule has 24 heavy (non-hydrogen) atoms. The lowest BCUT2D eigenvalue weighted by atomic mass is 10.1. The van der Waals surface area contributed by atoms with E-state index in [1.807, 2.05) is 31.2 Å². The molecule has 0 spiro atoms. The topological polar surface area (TPSA) is 64.3 Å². The Hall–Kier alpha value is -1.95. The molecule has 1 atom stereocenters. The molecule has 130 valence electrons. The second-order valence-electron chi connectivity index (χ2n) is 5.46. The van der Waals surface area contributed by atoms with E-state index >= 15 is 0 Å². The van der Waals surface area contributed by atoms with Crippen LogP contribution < -0.4 is 11.1 Å². The van der Waals surface area contributed by atoms with Gasteiger partial charge in [0.1, 0.15) is 11.9 Å². The van der Waals surface area contributed by atoms with Gasteiger partial charge in [0.15, 0.2) is 0 Å². The fourth-order valence-electron chi connectivity index (χ4n) is 2.23. The van der Waals surface area contributed by atoms with Crippen molar-refractivity contribution in [2.24, 2.45) is 5.73 Å². The molecular formula is C18H22ClFN2O2. The van der Waals surface area contributed by atoms with Gasteiger partial charge in [0.2, 0.25) is 5.91 Å². The summed E-state index contributed by atoms with van der Waals surface area (Å²) in [5.41, 5.74) is 9.08. The van der Waals surface area contributed by atoms with Crippen molar-refractivity contribution in [1.29, 1.82) is 0 Å². The Morgan fingerprint density at radius 3 is 2.54 bits per heavy atom. The fraction of sp³-hybridized carbons (Fsp3) is 0.278.